The van der Waals surface area contributed by atoms with Crippen molar-refractivity contribution < 1.29 is 13.9 Å². The lowest BCUT2D eigenvalue weighted by atomic mass is 10.1. The van der Waals surface area contributed by atoms with Gasteiger partial charge in [-0.25, -0.2) is 4.39 Å². The highest BCUT2D eigenvalue weighted by molar-refractivity contribution is 5.80. The molecule has 0 spiro atoms. The highest BCUT2D eigenvalue weighted by Crippen LogP contribution is 2.03. The normalized spacial score (nSPS) is 11.5. The number of benzene rings is 1. The second-order valence-corrected chi connectivity index (χ2v) is 6.49. The van der Waals surface area contributed by atoms with Gasteiger partial charge in [-0.15, -0.1) is 0 Å². The Kier molecular flexibility index (Phi) is 12.6. The summed E-state index contributed by atoms with van der Waals surface area (Å²) in [5, 5.41) is 9.21. The van der Waals surface area contributed by atoms with E-state index in [0.717, 1.165) is 38.6 Å². The summed E-state index contributed by atoms with van der Waals surface area (Å²) < 4.78 is 18.2. The topological polar surface area (TPSA) is 78.0 Å². The van der Waals surface area contributed by atoms with E-state index in [0.29, 0.717) is 25.2 Å². The fourth-order valence-corrected chi connectivity index (χ4v) is 2.54. The average molecular weight is 396 g/mol. The monoisotopic (exact) mass is 395 g/mol. The zero-order chi connectivity index (χ0) is 20.6. The standard InChI is InChI=1S/C20H34FN5O2/c1-4-22-20(25-11-13-26(2)12-6-14-28-3)24-10-9-23-19(27)16-17-7-5-8-18(21)15-17/h5,7-8,15H,4,6,9-14,16H2,1-3H3,(H,23,27)(H2,22,24,25). The third-order valence-electron chi connectivity index (χ3n) is 3.98. The molecule has 0 heterocycles. The van der Waals surface area contributed by atoms with Crippen molar-refractivity contribution >= 4 is 11.9 Å². The Labute approximate surface area is 167 Å². The summed E-state index contributed by atoms with van der Waals surface area (Å²) in [5.74, 6) is 0.266. The molecule has 7 nitrogen and oxygen atoms in total. The van der Waals surface area contributed by atoms with Crippen LogP contribution >= 0.6 is 0 Å². The molecule has 28 heavy (non-hydrogen) atoms. The van der Waals surface area contributed by atoms with E-state index in [1.54, 1.807) is 19.2 Å². The minimum atomic E-state index is -0.331. The Bertz CT molecular complexity index is 598. The van der Waals surface area contributed by atoms with Crippen molar-refractivity contribution in [3.8, 4) is 0 Å². The first-order chi connectivity index (χ1) is 13.5. The predicted octanol–water partition coefficient (Wildman–Crippen LogP) is 1.01. The number of hydrogen-bond acceptors (Lipinski definition) is 4. The Balaban J connectivity index is 2.25. The molecule has 0 fully saturated rings. The van der Waals surface area contributed by atoms with Gasteiger partial charge in [-0.05, 0) is 38.1 Å². The first kappa shape index (κ1) is 23.8. The van der Waals surface area contributed by atoms with Crippen LogP contribution in [0.25, 0.3) is 0 Å². The summed E-state index contributed by atoms with van der Waals surface area (Å²) in [6, 6.07) is 6.08. The molecule has 1 rings (SSSR count). The molecule has 0 bridgehead atoms. The van der Waals surface area contributed by atoms with Crippen molar-refractivity contribution in [3.63, 3.8) is 0 Å². The number of carbonyl (C=O) groups excluding carboxylic acids is 1. The molecule has 0 atom stereocenters. The maximum atomic E-state index is 13.1. The Morgan fingerprint density at radius 2 is 2.00 bits per heavy atom. The molecule has 158 valence electrons. The van der Waals surface area contributed by atoms with Gasteiger partial charge in [0, 0.05) is 46.4 Å². The minimum Gasteiger partial charge on any atom is -0.385 e. The summed E-state index contributed by atoms with van der Waals surface area (Å²) in [7, 11) is 3.78. The first-order valence-corrected chi connectivity index (χ1v) is 9.76. The highest BCUT2D eigenvalue weighted by Gasteiger charge is 2.04. The van der Waals surface area contributed by atoms with E-state index in [9.17, 15) is 9.18 Å². The third kappa shape index (κ3) is 11.5. The van der Waals surface area contributed by atoms with Gasteiger partial charge in [-0.2, -0.15) is 0 Å². The number of carbonyl (C=O) groups is 1. The number of rotatable bonds is 13. The van der Waals surface area contributed by atoms with Crippen LogP contribution in [-0.2, 0) is 16.0 Å². The van der Waals surface area contributed by atoms with Crippen LogP contribution in [0, 0.1) is 5.82 Å². The van der Waals surface area contributed by atoms with Crippen LogP contribution < -0.4 is 16.0 Å². The number of hydrogen-bond donors (Lipinski definition) is 3. The molecule has 1 aromatic carbocycles. The number of nitrogens with zero attached hydrogens (tertiary/aromatic N) is 2. The van der Waals surface area contributed by atoms with Gasteiger partial charge in [0.2, 0.25) is 5.91 Å². The Hall–Kier alpha value is -2.19. The van der Waals surface area contributed by atoms with Crippen LogP contribution in [-0.4, -0.2) is 76.8 Å². The van der Waals surface area contributed by atoms with E-state index in [2.05, 4.69) is 32.9 Å². The van der Waals surface area contributed by atoms with Gasteiger partial charge < -0.3 is 25.6 Å². The van der Waals surface area contributed by atoms with Crippen molar-refractivity contribution in [3.05, 3.63) is 35.6 Å². The SMILES string of the molecule is CCNC(=NCCN(C)CCCOC)NCCNC(=O)Cc1cccc(F)c1. The lowest BCUT2D eigenvalue weighted by Crippen LogP contribution is -2.42. The molecule has 0 aliphatic heterocycles. The van der Waals surface area contributed by atoms with Crippen LogP contribution in [0.4, 0.5) is 4.39 Å². The van der Waals surface area contributed by atoms with Gasteiger partial charge in [0.1, 0.15) is 5.82 Å². The van der Waals surface area contributed by atoms with Gasteiger partial charge in [-0.3, -0.25) is 9.79 Å². The molecule has 0 saturated heterocycles. The third-order valence-corrected chi connectivity index (χ3v) is 3.98. The molecular formula is C20H34FN5O2. The molecule has 0 aromatic heterocycles. The molecule has 1 aromatic rings. The number of methoxy groups -OCH3 is 1. The average Bonchev–Trinajstić information content (AvgIpc) is 2.65. The summed E-state index contributed by atoms with van der Waals surface area (Å²) in [6.45, 7) is 7.10. The number of ether oxygens (including phenoxy) is 1. The van der Waals surface area contributed by atoms with Crippen LogP contribution in [0.1, 0.15) is 18.9 Å². The fraction of sp³-hybridized carbons (Fsp3) is 0.600. The Morgan fingerprint density at radius 3 is 2.71 bits per heavy atom. The number of amides is 1. The van der Waals surface area contributed by atoms with Gasteiger partial charge in [0.25, 0.3) is 0 Å². The first-order valence-electron chi connectivity index (χ1n) is 9.76. The largest absolute Gasteiger partial charge is 0.385 e. The molecule has 0 aliphatic rings. The number of aliphatic imine (C=N–C) groups is 1. The quantitative estimate of drug-likeness (QED) is 0.264. The number of likely N-dealkylation sites (N-methyl/N-ethyl adjacent to an activating group) is 1. The van der Waals surface area contributed by atoms with Crippen molar-refractivity contribution in [1.82, 2.24) is 20.9 Å². The molecule has 0 unspecified atom stereocenters. The molecule has 8 heteroatoms. The van der Waals surface area contributed by atoms with E-state index < -0.39 is 0 Å². The molecule has 3 N–H and O–H groups in total. The molecular weight excluding hydrogens is 361 g/mol. The lowest BCUT2D eigenvalue weighted by molar-refractivity contribution is -0.120. The molecule has 1 amide bonds. The summed E-state index contributed by atoms with van der Waals surface area (Å²) in [5.41, 5.74) is 0.662. The molecule has 0 saturated carbocycles. The zero-order valence-corrected chi connectivity index (χ0v) is 17.3. The van der Waals surface area contributed by atoms with E-state index >= 15 is 0 Å². The second kappa shape index (κ2) is 14.8. The van der Waals surface area contributed by atoms with E-state index in [1.165, 1.54) is 12.1 Å². The van der Waals surface area contributed by atoms with Crippen LogP contribution in [0.2, 0.25) is 0 Å². The number of guanidine groups is 1. The summed E-state index contributed by atoms with van der Waals surface area (Å²) in [6.07, 6.45) is 1.17. The number of halogens is 1. The van der Waals surface area contributed by atoms with E-state index in [1.807, 2.05) is 6.92 Å². The van der Waals surface area contributed by atoms with Crippen LogP contribution in [0.15, 0.2) is 29.3 Å². The second-order valence-electron chi connectivity index (χ2n) is 6.49. The zero-order valence-electron chi connectivity index (χ0n) is 17.3. The molecule has 0 radical (unpaired) electrons. The van der Waals surface area contributed by atoms with Crippen molar-refractivity contribution in [2.45, 2.75) is 19.8 Å². The van der Waals surface area contributed by atoms with Crippen molar-refractivity contribution in [1.29, 1.82) is 0 Å². The molecule has 0 aliphatic carbocycles. The maximum Gasteiger partial charge on any atom is 0.224 e. The fourth-order valence-electron chi connectivity index (χ4n) is 2.54. The summed E-state index contributed by atoms with van der Waals surface area (Å²) >= 11 is 0. The van der Waals surface area contributed by atoms with Gasteiger partial charge in [0.05, 0.1) is 13.0 Å². The van der Waals surface area contributed by atoms with Gasteiger partial charge in [-0.1, -0.05) is 12.1 Å². The Morgan fingerprint density at radius 1 is 1.21 bits per heavy atom. The van der Waals surface area contributed by atoms with Crippen molar-refractivity contribution in [2.24, 2.45) is 4.99 Å². The van der Waals surface area contributed by atoms with Gasteiger partial charge in [0.15, 0.2) is 5.96 Å². The van der Waals surface area contributed by atoms with Gasteiger partial charge >= 0.3 is 0 Å². The number of nitrogens with one attached hydrogen (secondary N) is 3. The maximum absolute atomic E-state index is 13.1. The lowest BCUT2D eigenvalue weighted by Gasteiger charge is -2.16. The van der Waals surface area contributed by atoms with Crippen LogP contribution in [0.3, 0.4) is 0 Å². The minimum absolute atomic E-state index is 0.132. The van der Waals surface area contributed by atoms with Crippen LogP contribution in [0.5, 0.6) is 0 Å². The van der Waals surface area contributed by atoms with E-state index in [-0.39, 0.29) is 18.1 Å². The smallest absolute Gasteiger partial charge is 0.224 e. The predicted molar refractivity (Wildman–Crippen MR) is 111 cm³/mol. The van der Waals surface area contributed by atoms with Crippen molar-refractivity contribution in [2.75, 3.05) is 60.0 Å². The summed E-state index contributed by atoms with van der Waals surface area (Å²) in [4.78, 5) is 18.7. The van der Waals surface area contributed by atoms with E-state index in [4.69, 9.17) is 4.74 Å². The highest BCUT2D eigenvalue weighted by atomic mass is 19.1.